The number of fused-ring (bicyclic) bond motifs is 1. The van der Waals surface area contributed by atoms with Crippen LogP contribution in [0.25, 0.3) is 16.7 Å². The van der Waals surface area contributed by atoms with Gasteiger partial charge >= 0.3 is 6.18 Å². The van der Waals surface area contributed by atoms with Crippen LogP contribution >= 0.6 is 0 Å². The van der Waals surface area contributed by atoms with Gasteiger partial charge in [0, 0.05) is 60.8 Å². The van der Waals surface area contributed by atoms with Crippen molar-refractivity contribution in [2.24, 2.45) is 12.8 Å². The molecule has 0 amide bonds. The Kier molecular flexibility index (Phi) is 6.33. The van der Waals surface area contributed by atoms with Crippen LogP contribution in [0.1, 0.15) is 22.5 Å². The molecule has 0 aliphatic carbocycles. The number of ether oxygens (including phenoxy) is 1. The molecule has 0 saturated carbocycles. The molecule has 4 heterocycles. The van der Waals surface area contributed by atoms with E-state index in [0.29, 0.717) is 30.2 Å². The van der Waals surface area contributed by atoms with Gasteiger partial charge in [0.1, 0.15) is 0 Å². The van der Waals surface area contributed by atoms with Crippen molar-refractivity contribution >= 4 is 34.0 Å². The quantitative estimate of drug-likeness (QED) is 0.334. The predicted molar refractivity (Wildman–Crippen MR) is 131 cm³/mol. The Labute approximate surface area is 209 Å². The molecule has 1 saturated heterocycles. The molecule has 0 spiro atoms. The maximum Gasteiger partial charge on any atom is 0.454 e. The fourth-order valence-electron chi connectivity index (χ4n) is 4.33. The van der Waals surface area contributed by atoms with E-state index in [1.54, 1.807) is 36.1 Å². The average Bonchev–Trinajstić information content (AvgIpc) is 3.39. The van der Waals surface area contributed by atoms with E-state index in [1.807, 2.05) is 13.1 Å². The lowest BCUT2D eigenvalue weighted by Gasteiger charge is -2.29. The lowest BCUT2D eigenvalue weighted by molar-refractivity contribution is -0.0884. The third-order valence-corrected chi connectivity index (χ3v) is 6.26. The minimum atomic E-state index is -4.97. The largest absolute Gasteiger partial charge is 0.454 e. The number of ketones is 1. The molecule has 4 N–H and O–H groups in total. The lowest BCUT2D eigenvalue weighted by atomic mass is 10.0. The highest BCUT2D eigenvalue weighted by atomic mass is 19.4. The van der Waals surface area contributed by atoms with E-state index in [9.17, 15) is 18.0 Å². The topological polar surface area (TPSA) is 125 Å². The van der Waals surface area contributed by atoms with Crippen molar-refractivity contribution in [2.75, 3.05) is 23.8 Å². The number of hydrogen-bond donors (Lipinski definition) is 3. The molecule has 1 aromatic carbocycles. The van der Waals surface area contributed by atoms with Crippen molar-refractivity contribution < 1.29 is 22.7 Å². The van der Waals surface area contributed by atoms with Crippen LogP contribution in [0.4, 0.5) is 30.5 Å². The molecule has 194 valence electrons. The first-order valence-corrected chi connectivity index (χ1v) is 11.6. The molecule has 0 unspecified atom stereocenters. The maximum absolute atomic E-state index is 13.1. The van der Waals surface area contributed by atoms with Gasteiger partial charge < -0.3 is 25.7 Å². The SMILES string of the molecule is Cc1nn(-c2ccnc(Nc3ccc4c(c3)c(C(=O)C(F)(F)F)cn4C)n2)cc1N[C@@H]1CCOC[C@@H]1N. The highest BCUT2D eigenvalue weighted by Crippen LogP contribution is 2.30. The van der Waals surface area contributed by atoms with E-state index >= 15 is 0 Å². The van der Waals surface area contributed by atoms with Crippen LogP contribution in [-0.4, -0.2) is 61.6 Å². The summed E-state index contributed by atoms with van der Waals surface area (Å²) in [6.45, 7) is 3.01. The van der Waals surface area contributed by atoms with Crippen molar-refractivity contribution in [2.45, 2.75) is 31.6 Å². The van der Waals surface area contributed by atoms with Crippen LogP contribution in [0.2, 0.25) is 0 Å². The standard InChI is InChI=1S/C24H25F3N8O2/c1-13-19(31-18-6-8-37-12-17(18)28)11-35(33-13)21-5-7-29-23(32-21)30-14-3-4-20-15(9-14)16(10-34(20)2)22(36)24(25,26)27/h3-5,7,9-11,17-18,31H,6,8,12,28H2,1-2H3,(H,29,30,32)/t17-,18+/m0/s1. The summed E-state index contributed by atoms with van der Waals surface area (Å²) in [7, 11) is 1.58. The molecule has 5 rings (SSSR count). The maximum atomic E-state index is 13.1. The van der Waals surface area contributed by atoms with Crippen LogP contribution < -0.4 is 16.4 Å². The van der Waals surface area contributed by atoms with Gasteiger partial charge in [0.2, 0.25) is 5.95 Å². The highest BCUT2D eigenvalue weighted by molar-refractivity contribution is 6.11. The number of alkyl halides is 3. The number of aryl methyl sites for hydroxylation is 2. The van der Waals surface area contributed by atoms with Crippen molar-refractivity contribution in [3.05, 3.63) is 54.1 Å². The third-order valence-electron chi connectivity index (χ3n) is 6.26. The van der Waals surface area contributed by atoms with Crippen LogP contribution in [-0.2, 0) is 11.8 Å². The molecule has 4 aromatic rings. The molecule has 37 heavy (non-hydrogen) atoms. The molecule has 2 atom stereocenters. The lowest BCUT2D eigenvalue weighted by Crippen LogP contribution is -2.47. The number of Topliss-reactive ketones (excluding diaryl/α,β-unsaturated/α-hetero) is 1. The van der Waals surface area contributed by atoms with E-state index in [0.717, 1.165) is 17.8 Å². The first-order valence-electron chi connectivity index (χ1n) is 11.6. The van der Waals surface area contributed by atoms with E-state index in [1.165, 1.54) is 16.8 Å². The minimum absolute atomic E-state index is 0.0646. The zero-order chi connectivity index (χ0) is 26.3. The molecule has 1 fully saturated rings. The van der Waals surface area contributed by atoms with E-state index in [4.69, 9.17) is 10.5 Å². The average molecular weight is 515 g/mol. The van der Waals surface area contributed by atoms with Crippen LogP contribution in [0, 0.1) is 6.92 Å². The summed E-state index contributed by atoms with van der Waals surface area (Å²) in [5.74, 6) is -1.20. The Morgan fingerprint density at radius 1 is 1.24 bits per heavy atom. The van der Waals surface area contributed by atoms with Gasteiger partial charge in [0.15, 0.2) is 5.82 Å². The highest BCUT2D eigenvalue weighted by Gasteiger charge is 2.40. The summed E-state index contributed by atoms with van der Waals surface area (Å²) in [5.41, 5.74) is 8.25. The predicted octanol–water partition coefficient (Wildman–Crippen LogP) is 3.48. The number of nitrogens with two attached hydrogens (primary N) is 1. The fraction of sp³-hybridized carbons (Fsp3) is 0.333. The van der Waals surface area contributed by atoms with Gasteiger partial charge in [-0.15, -0.1) is 0 Å². The summed E-state index contributed by atoms with van der Waals surface area (Å²) >= 11 is 0. The Balaban J connectivity index is 1.39. The van der Waals surface area contributed by atoms with E-state index < -0.39 is 17.5 Å². The Morgan fingerprint density at radius 3 is 2.81 bits per heavy atom. The summed E-state index contributed by atoms with van der Waals surface area (Å²) in [6, 6.07) is 6.40. The summed E-state index contributed by atoms with van der Waals surface area (Å²) in [6.07, 6.45) is 0.355. The number of halogens is 3. The smallest absolute Gasteiger partial charge is 0.380 e. The van der Waals surface area contributed by atoms with Crippen molar-refractivity contribution in [1.29, 1.82) is 0 Å². The number of nitrogens with zero attached hydrogens (tertiary/aromatic N) is 5. The number of hydrogen-bond acceptors (Lipinski definition) is 8. The van der Waals surface area contributed by atoms with Gasteiger partial charge in [-0.2, -0.15) is 23.3 Å². The summed E-state index contributed by atoms with van der Waals surface area (Å²) in [4.78, 5) is 20.6. The fourth-order valence-corrected chi connectivity index (χ4v) is 4.33. The van der Waals surface area contributed by atoms with Crippen LogP contribution in [0.3, 0.4) is 0 Å². The van der Waals surface area contributed by atoms with Gasteiger partial charge in [-0.1, -0.05) is 0 Å². The van der Waals surface area contributed by atoms with Crippen molar-refractivity contribution in [1.82, 2.24) is 24.3 Å². The van der Waals surface area contributed by atoms with Crippen LogP contribution in [0.5, 0.6) is 0 Å². The molecule has 1 aliphatic heterocycles. The Bertz CT molecular complexity index is 1460. The second-order valence-electron chi connectivity index (χ2n) is 8.93. The molecule has 13 heteroatoms. The minimum Gasteiger partial charge on any atom is -0.380 e. The number of rotatable bonds is 6. The van der Waals surface area contributed by atoms with E-state index in [-0.39, 0.29) is 23.4 Å². The summed E-state index contributed by atoms with van der Waals surface area (Å²) in [5, 5.41) is 11.1. The zero-order valence-electron chi connectivity index (χ0n) is 20.1. The number of benzene rings is 1. The number of carbonyl (C=O) groups is 1. The van der Waals surface area contributed by atoms with Crippen molar-refractivity contribution in [3.63, 3.8) is 0 Å². The monoisotopic (exact) mass is 514 g/mol. The summed E-state index contributed by atoms with van der Waals surface area (Å²) < 4.78 is 47.7. The van der Waals surface area contributed by atoms with E-state index in [2.05, 4.69) is 25.7 Å². The molecule has 10 nitrogen and oxygen atoms in total. The Morgan fingerprint density at radius 2 is 2.05 bits per heavy atom. The second kappa shape index (κ2) is 9.48. The van der Waals surface area contributed by atoms with Crippen LogP contribution in [0.15, 0.2) is 42.9 Å². The molecule has 0 radical (unpaired) electrons. The molecule has 1 aliphatic rings. The second-order valence-corrected chi connectivity index (χ2v) is 8.93. The van der Waals surface area contributed by atoms with Gasteiger partial charge in [0.25, 0.3) is 5.78 Å². The molecular formula is C24H25F3N8O2. The third kappa shape index (κ3) is 5.00. The van der Waals surface area contributed by atoms with Gasteiger partial charge in [0.05, 0.1) is 29.7 Å². The van der Waals surface area contributed by atoms with Gasteiger partial charge in [-0.25, -0.2) is 9.67 Å². The molecular weight excluding hydrogens is 489 g/mol. The molecule has 3 aromatic heterocycles. The van der Waals surface area contributed by atoms with Gasteiger partial charge in [-0.3, -0.25) is 4.79 Å². The number of nitrogens with one attached hydrogen (secondary N) is 2. The first kappa shape index (κ1) is 24.7. The molecule has 0 bridgehead atoms. The number of aromatic nitrogens is 5. The zero-order valence-corrected chi connectivity index (χ0v) is 20.1. The number of carbonyl (C=O) groups excluding carboxylic acids is 1. The normalized spacial score (nSPS) is 18.2. The van der Waals surface area contributed by atoms with Crippen molar-refractivity contribution in [3.8, 4) is 5.82 Å². The number of anilines is 3. The van der Waals surface area contributed by atoms with Gasteiger partial charge in [-0.05, 0) is 31.5 Å². The Hall–Kier alpha value is -3.97. The first-order chi connectivity index (χ1) is 17.6.